The third kappa shape index (κ3) is 3.35. The number of aromatic nitrogens is 1. The lowest BCUT2D eigenvalue weighted by atomic mass is 9.96. The van der Waals surface area contributed by atoms with Gasteiger partial charge in [-0.3, -0.25) is 4.90 Å². The highest BCUT2D eigenvalue weighted by Crippen LogP contribution is 2.29. The molecule has 2 saturated heterocycles. The van der Waals surface area contributed by atoms with E-state index in [0.29, 0.717) is 5.92 Å². The summed E-state index contributed by atoms with van der Waals surface area (Å²) in [6.07, 6.45) is 2.27. The average molecular weight is 334 g/mol. The third-order valence-electron chi connectivity index (χ3n) is 4.66. The van der Waals surface area contributed by atoms with Gasteiger partial charge in [-0.15, -0.1) is 11.3 Å². The van der Waals surface area contributed by atoms with Crippen molar-refractivity contribution in [1.82, 2.24) is 9.88 Å². The Balaban J connectivity index is 1.36. The fourth-order valence-electron chi connectivity index (χ4n) is 3.32. The van der Waals surface area contributed by atoms with Gasteiger partial charge in [-0.1, -0.05) is 6.07 Å². The van der Waals surface area contributed by atoms with Gasteiger partial charge in [-0.05, 0) is 44.3 Å². The van der Waals surface area contributed by atoms with Gasteiger partial charge in [0.05, 0.1) is 23.8 Å². The molecule has 0 unspecified atom stereocenters. The standard InChI is InChI=1S/C17H22N2O3S/c1-12-14(18-16(22-12)15-3-2-10-23-15)11-19-6-4-13(5-7-19)17-20-8-9-21-17/h2-3,10,13,17H,4-9,11H2,1H3. The molecule has 0 bridgehead atoms. The summed E-state index contributed by atoms with van der Waals surface area (Å²) in [5.41, 5.74) is 1.06. The number of aryl methyl sites for hydroxylation is 1. The molecule has 0 aliphatic carbocycles. The molecule has 0 amide bonds. The number of likely N-dealkylation sites (tertiary alicyclic amines) is 1. The van der Waals surface area contributed by atoms with Gasteiger partial charge < -0.3 is 13.9 Å². The molecule has 124 valence electrons. The first-order valence-corrected chi connectivity index (χ1v) is 9.13. The molecule has 0 N–H and O–H groups in total. The van der Waals surface area contributed by atoms with Crippen molar-refractivity contribution < 1.29 is 13.9 Å². The van der Waals surface area contributed by atoms with Gasteiger partial charge in [-0.2, -0.15) is 0 Å². The molecule has 23 heavy (non-hydrogen) atoms. The lowest BCUT2D eigenvalue weighted by Crippen LogP contribution is -2.37. The third-order valence-corrected chi connectivity index (χ3v) is 5.52. The van der Waals surface area contributed by atoms with Crippen LogP contribution in [-0.2, 0) is 16.0 Å². The van der Waals surface area contributed by atoms with Crippen molar-refractivity contribution in [3.05, 3.63) is 29.0 Å². The fraction of sp³-hybridized carbons (Fsp3) is 0.588. The van der Waals surface area contributed by atoms with E-state index in [1.165, 1.54) is 0 Å². The minimum atomic E-state index is 0.0244. The largest absolute Gasteiger partial charge is 0.440 e. The number of oxazole rings is 1. The molecule has 0 radical (unpaired) electrons. The molecule has 2 aliphatic rings. The summed E-state index contributed by atoms with van der Waals surface area (Å²) >= 11 is 1.66. The van der Waals surface area contributed by atoms with Gasteiger partial charge in [0.25, 0.3) is 0 Å². The first kappa shape index (κ1) is 15.3. The maximum atomic E-state index is 5.84. The lowest BCUT2D eigenvalue weighted by Gasteiger charge is -2.33. The molecule has 0 saturated carbocycles. The number of rotatable bonds is 4. The van der Waals surface area contributed by atoms with E-state index in [2.05, 4.69) is 4.90 Å². The Labute approximate surface area is 140 Å². The van der Waals surface area contributed by atoms with Crippen LogP contribution in [0.4, 0.5) is 0 Å². The van der Waals surface area contributed by atoms with E-state index >= 15 is 0 Å². The smallest absolute Gasteiger partial charge is 0.236 e. The maximum absolute atomic E-state index is 5.84. The molecule has 2 aromatic rings. The molecule has 4 heterocycles. The molecule has 4 rings (SSSR count). The number of nitrogens with zero attached hydrogens (tertiary/aromatic N) is 2. The minimum absolute atomic E-state index is 0.0244. The minimum Gasteiger partial charge on any atom is -0.440 e. The van der Waals surface area contributed by atoms with Crippen LogP contribution in [-0.4, -0.2) is 42.5 Å². The monoisotopic (exact) mass is 334 g/mol. The lowest BCUT2D eigenvalue weighted by molar-refractivity contribution is -0.0978. The van der Waals surface area contributed by atoms with Gasteiger partial charge in [0.1, 0.15) is 5.76 Å². The highest BCUT2D eigenvalue weighted by molar-refractivity contribution is 7.13. The Bertz CT molecular complexity index is 626. The Kier molecular flexibility index (Phi) is 4.48. The summed E-state index contributed by atoms with van der Waals surface area (Å²) in [6, 6.07) is 4.07. The van der Waals surface area contributed by atoms with E-state index in [1.807, 2.05) is 24.4 Å². The van der Waals surface area contributed by atoms with Gasteiger partial charge in [0.2, 0.25) is 5.89 Å². The van der Waals surface area contributed by atoms with Crippen molar-refractivity contribution in [2.75, 3.05) is 26.3 Å². The van der Waals surface area contributed by atoms with Crippen LogP contribution in [0.25, 0.3) is 10.8 Å². The van der Waals surface area contributed by atoms with Crippen LogP contribution >= 0.6 is 11.3 Å². The summed E-state index contributed by atoms with van der Waals surface area (Å²) < 4.78 is 17.1. The van der Waals surface area contributed by atoms with Crippen molar-refractivity contribution in [1.29, 1.82) is 0 Å². The average Bonchev–Trinajstić information content (AvgIpc) is 3.30. The van der Waals surface area contributed by atoms with Crippen LogP contribution < -0.4 is 0 Å². The molecule has 0 aromatic carbocycles. The topological polar surface area (TPSA) is 47.7 Å². The number of thiophene rings is 1. The second-order valence-electron chi connectivity index (χ2n) is 6.22. The van der Waals surface area contributed by atoms with Crippen LogP contribution in [0.5, 0.6) is 0 Å². The Morgan fingerprint density at radius 2 is 2.04 bits per heavy atom. The van der Waals surface area contributed by atoms with Crippen LogP contribution in [0, 0.1) is 12.8 Å². The first-order valence-electron chi connectivity index (χ1n) is 8.25. The quantitative estimate of drug-likeness (QED) is 0.858. The van der Waals surface area contributed by atoms with Crippen molar-refractivity contribution >= 4 is 11.3 Å². The van der Waals surface area contributed by atoms with E-state index in [-0.39, 0.29) is 6.29 Å². The van der Waals surface area contributed by atoms with Crippen LogP contribution in [0.2, 0.25) is 0 Å². The van der Waals surface area contributed by atoms with E-state index in [9.17, 15) is 0 Å². The van der Waals surface area contributed by atoms with E-state index in [0.717, 1.165) is 67.9 Å². The summed E-state index contributed by atoms with van der Waals surface area (Å²) in [6.45, 7) is 6.48. The van der Waals surface area contributed by atoms with Crippen LogP contribution in [0.1, 0.15) is 24.3 Å². The van der Waals surface area contributed by atoms with Crippen LogP contribution in [0.15, 0.2) is 21.9 Å². The molecule has 2 aliphatic heterocycles. The molecule has 6 heteroatoms. The molecular weight excluding hydrogens is 312 g/mol. The number of piperidine rings is 1. The molecule has 0 atom stereocenters. The Morgan fingerprint density at radius 1 is 1.26 bits per heavy atom. The Morgan fingerprint density at radius 3 is 2.74 bits per heavy atom. The summed E-state index contributed by atoms with van der Waals surface area (Å²) in [5.74, 6) is 2.21. The summed E-state index contributed by atoms with van der Waals surface area (Å²) in [5, 5.41) is 2.05. The molecule has 2 aromatic heterocycles. The predicted octanol–water partition coefficient (Wildman–Crippen LogP) is 3.30. The van der Waals surface area contributed by atoms with E-state index in [4.69, 9.17) is 18.9 Å². The van der Waals surface area contributed by atoms with E-state index < -0.39 is 0 Å². The number of hydrogen-bond acceptors (Lipinski definition) is 6. The number of hydrogen-bond donors (Lipinski definition) is 0. The number of ether oxygens (including phenoxy) is 2. The highest BCUT2D eigenvalue weighted by atomic mass is 32.1. The van der Waals surface area contributed by atoms with Crippen molar-refractivity contribution in [3.8, 4) is 10.8 Å². The first-order chi connectivity index (χ1) is 11.3. The van der Waals surface area contributed by atoms with Gasteiger partial charge in [-0.25, -0.2) is 4.98 Å². The van der Waals surface area contributed by atoms with Gasteiger partial charge in [0.15, 0.2) is 6.29 Å². The maximum Gasteiger partial charge on any atom is 0.236 e. The molecular formula is C17H22N2O3S. The zero-order chi connectivity index (χ0) is 15.6. The summed E-state index contributed by atoms with van der Waals surface area (Å²) in [4.78, 5) is 8.24. The van der Waals surface area contributed by atoms with Gasteiger partial charge >= 0.3 is 0 Å². The second kappa shape index (κ2) is 6.73. The van der Waals surface area contributed by atoms with Crippen molar-refractivity contribution in [2.45, 2.75) is 32.6 Å². The zero-order valence-corrected chi connectivity index (χ0v) is 14.2. The Hall–Kier alpha value is -1.21. The molecule has 2 fully saturated rings. The fourth-order valence-corrected chi connectivity index (χ4v) is 3.97. The second-order valence-corrected chi connectivity index (χ2v) is 7.17. The normalized spacial score (nSPS) is 21.3. The van der Waals surface area contributed by atoms with Crippen LogP contribution in [0.3, 0.4) is 0 Å². The zero-order valence-electron chi connectivity index (χ0n) is 13.4. The van der Waals surface area contributed by atoms with E-state index in [1.54, 1.807) is 11.3 Å². The highest BCUT2D eigenvalue weighted by Gasteiger charge is 2.30. The van der Waals surface area contributed by atoms with Gasteiger partial charge in [0, 0.05) is 12.5 Å². The molecule has 0 spiro atoms. The summed E-state index contributed by atoms with van der Waals surface area (Å²) in [7, 11) is 0. The SMILES string of the molecule is Cc1oc(-c2cccs2)nc1CN1CCC(C2OCCO2)CC1. The molecule has 5 nitrogen and oxygen atoms in total. The van der Waals surface area contributed by atoms with Crippen molar-refractivity contribution in [2.24, 2.45) is 5.92 Å². The van der Waals surface area contributed by atoms with Crippen molar-refractivity contribution in [3.63, 3.8) is 0 Å². The predicted molar refractivity (Wildman–Crippen MR) is 88.2 cm³/mol.